The van der Waals surface area contributed by atoms with Crippen LogP contribution >= 0.6 is 23.2 Å². The Balaban J connectivity index is 1.59. The Hall–Kier alpha value is -1.71. The number of carbonyl (C=O) groups is 1. The van der Waals surface area contributed by atoms with E-state index in [1.54, 1.807) is 0 Å². The predicted molar refractivity (Wildman–Crippen MR) is 112 cm³/mol. The van der Waals surface area contributed by atoms with Crippen molar-refractivity contribution in [3.8, 4) is 0 Å². The van der Waals surface area contributed by atoms with Gasteiger partial charge in [-0.3, -0.25) is 0 Å². The normalized spacial score (nSPS) is 29.8. The van der Waals surface area contributed by atoms with Crippen molar-refractivity contribution >= 4 is 34.9 Å². The van der Waals surface area contributed by atoms with E-state index in [1.807, 2.05) is 31.2 Å². The molecule has 2 saturated carbocycles. The van der Waals surface area contributed by atoms with Gasteiger partial charge >= 0.3 is 5.97 Å². The molecular weight excluding hydrogens is 393 g/mol. The van der Waals surface area contributed by atoms with Crippen molar-refractivity contribution in [2.24, 2.45) is 17.8 Å². The highest BCUT2D eigenvalue weighted by Crippen LogP contribution is 2.64. The molecule has 0 radical (unpaired) electrons. The van der Waals surface area contributed by atoms with Crippen molar-refractivity contribution in [3.05, 3.63) is 63.1 Å². The van der Waals surface area contributed by atoms with E-state index in [9.17, 15) is 4.79 Å². The number of ether oxygens (including phenoxy) is 1. The molecule has 0 saturated heterocycles. The van der Waals surface area contributed by atoms with E-state index in [1.165, 1.54) is 24.8 Å². The number of nitrogens with one attached hydrogen (secondary N) is 1. The van der Waals surface area contributed by atoms with Gasteiger partial charge in [-0.2, -0.15) is 0 Å². The van der Waals surface area contributed by atoms with Gasteiger partial charge in [0.15, 0.2) is 0 Å². The highest BCUT2D eigenvalue weighted by molar-refractivity contribution is 6.35. The number of hydrogen-bond donors (Lipinski definition) is 1. The molecule has 1 N–H and O–H groups in total. The molecule has 28 heavy (non-hydrogen) atoms. The minimum atomic E-state index is -0.243. The lowest BCUT2D eigenvalue weighted by Gasteiger charge is -2.44. The molecule has 1 aliphatic heterocycles. The molecule has 3 nitrogen and oxygen atoms in total. The van der Waals surface area contributed by atoms with Crippen LogP contribution in [0.4, 0.5) is 5.69 Å². The van der Waals surface area contributed by atoms with Gasteiger partial charge in [0.2, 0.25) is 0 Å². The summed E-state index contributed by atoms with van der Waals surface area (Å²) in [5, 5.41) is 5.13. The smallest absolute Gasteiger partial charge is 0.338 e. The predicted octanol–water partition coefficient (Wildman–Crippen LogP) is 6.47. The summed E-state index contributed by atoms with van der Waals surface area (Å²) in [6.07, 6.45) is 3.82. The van der Waals surface area contributed by atoms with E-state index in [2.05, 4.69) is 17.4 Å². The first kappa shape index (κ1) is 18.3. The van der Waals surface area contributed by atoms with Crippen LogP contribution in [0.25, 0.3) is 0 Å². The highest BCUT2D eigenvalue weighted by Gasteiger charge is 2.54. The molecule has 0 amide bonds. The van der Waals surface area contributed by atoms with Gasteiger partial charge in [-0.05, 0) is 91.3 Å². The van der Waals surface area contributed by atoms with Gasteiger partial charge in [-0.1, -0.05) is 29.3 Å². The molecule has 2 aromatic rings. The van der Waals surface area contributed by atoms with Crippen molar-refractivity contribution in [3.63, 3.8) is 0 Å². The number of fused-ring (bicyclic) bond motifs is 7. The van der Waals surface area contributed by atoms with E-state index in [-0.39, 0.29) is 12.0 Å². The number of halogens is 2. The summed E-state index contributed by atoms with van der Waals surface area (Å²) in [7, 11) is 0. The van der Waals surface area contributed by atoms with Crippen LogP contribution in [0.1, 0.15) is 59.6 Å². The summed E-state index contributed by atoms with van der Waals surface area (Å²) >= 11 is 12.7. The molecule has 0 unspecified atom stereocenters. The Bertz CT molecular complexity index is 944. The quantitative estimate of drug-likeness (QED) is 0.583. The minimum absolute atomic E-state index is 0.172. The molecule has 5 heteroatoms. The Labute approximate surface area is 175 Å². The fraction of sp³-hybridized carbons (Fsp3) is 0.435. The molecule has 146 valence electrons. The van der Waals surface area contributed by atoms with Gasteiger partial charge < -0.3 is 10.1 Å². The third kappa shape index (κ3) is 2.83. The monoisotopic (exact) mass is 415 g/mol. The number of hydrogen-bond acceptors (Lipinski definition) is 3. The zero-order valence-corrected chi connectivity index (χ0v) is 17.3. The lowest BCUT2D eigenvalue weighted by Crippen LogP contribution is -2.35. The summed E-state index contributed by atoms with van der Waals surface area (Å²) in [5.74, 6) is 2.08. The van der Waals surface area contributed by atoms with Gasteiger partial charge in [-0.25, -0.2) is 4.79 Å². The standard InChI is InChI=1S/C23H23Cl2NO2/c1-2-28-23(27)14-5-8-19-17(10-14)20-12-3-4-13(9-12)21(20)22(26-19)16-7-6-15(24)11-18(16)25/h5-8,10-13,20-22,26H,2-4,9H2,1H3/t12-,13-,20-,21+,22-/m0/s1. The van der Waals surface area contributed by atoms with Gasteiger partial charge in [0, 0.05) is 15.7 Å². The summed E-state index contributed by atoms with van der Waals surface area (Å²) in [4.78, 5) is 12.3. The zero-order valence-electron chi connectivity index (χ0n) is 15.8. The van der Waals surface area contributed by atoms with Gasteiger partial charge in [0.25, 0.3) is 0 Å². The van der Waals surface area contributed by atoms with Crippen LogP contribution in [-0.2, 0) is 4.74 Å². The maximum atomic E-state index is 12.3. The number of anilines is 1. The van der Waals surface area contributed by atoms with E-state index < -0.39 is 0 Å². The van der Waals surface area contributed by atoms with Crippen LogP contribution in [0, 0.1) is 17.8 Å². The molecule has 2 aromatic carbocycles. The molecule has 2 fully saturated rings. The summed E-state index contributed by atoms with van der Waals surface area (Å²) < 4.78 is 5.22. The first-order chi connectivity index (χ1) is 13.6. The molecule has 0 spiro atoms. The summed E-state index contributed by atoms with van der Waals surface area (Å²) in [6.45, 7) is 2.23. The average Bonchev–Trinajstić information content (AvgIpc) is 3.30. The maximum absolute atomic E-state index is 12.3. The van der Waals surface area contributed by atoms with Crippen LogP contribution in [0.15, 0.2) is 36.4 Å². The number of benzene rings is 2. The van der Waals surface area contributed by atoms with Crippen molar-refractivity contribution in [1.29, 1.82) is 0 Å². The fourth-order valence-corrected chi connectivity index (χ4v) is 6.42. The molecular formula is C23H23Cl2NO2. The number of esters is 1. The molecule has 3 aliphatic rings. The van der Waals surface area contributed by atoms with Crippen molar-refractivity contribution < 1.29 is 9.53 Å². The third-order valence-corrected chi connectivity index (χ3v) is 7.46. The van der Waals surface area contributed by atoms with Crippen molar-refractivity contribution in [1.82, 2.24) is 0 Å². The first-order valence-electron chi connectivity index (χ1n) is 10.1. The molecule has 0 aromatic heterocycles. The topological polar surface area (TPSA) is 38.3 Å². The third-order valence-electron chi connectivity index (χ3n) is 6.90. The van der Waals surface area contributed by atoms with Crippen molar-refractivity contribution in [2.45, 2.75) is 38.1 Å². The van der Waals surface area contributed by atoms with Gasteiger partial charge in [0.1, 0.15) is 0 Å². The largest absolute Gasteiger partial charge is 0.462 e. The zero-order chi connectivity index (χ0) is 19.4. The molecule has 2 bridgehead atoms. The Morgan fingerprint density at radius 2 is 1.93 bits per heavy atom. The maximum Gasteiger partial charge on any atom is 0.338 e. The molecule has 2 aliphatic carbocycles. The Morgan fingerprint density at radius 1 is 1.11 bits per heavy atom. The molecule has 5 rings (SSSR count). The van der Waals surface area contributed by atoms with E-state index in [0.717, 1.165) is 16.3 Å². The van der Waals surface area contributed by atoms with E-state index in [0.29, 0.717) is 40.9 Å². The summed E-state index contributed by atoms with van der Waals surface area (Å²) in [6, 6.07) is 11.9. The van der Waals surface area contributed by atoms with Crippen LogP contribution in [0.5, 0.6) is 0 Å². The van der Waals surface area contributed by atoms with Gasteiger partial charge in [0.05, 0.1) is 18.2 Å². The SMILES string of the molecule is CCOC(=O)c1ccc2c(c1)[C@@H]1[C@H]3CC[C@@H](C3)[C@H]1[C@H](c1ccc(Cl)cc1Cl)N2. The molecule has 5 atom stereocenters. The lowest BCUT2D eigenvalue weighted by molar-refractivity contribution is 0.0526. The summed E-state index contributed by atoms with van der Waals surface area (Å²) in [5.41, 5.74) is 4.14. The second kappa shape index (κ2) is 6.96. The molecule has 1 heterocycles. The number of carbonyl (C=O) groups excluding carboxylic acids is 1. The second-order valence-electron chi connectivity index (χ2n) is 8.25. The highest BCUT2D eigenvalue weighted by atomic mass is 35.5. The lowest BCUT2D eigenvalue weighted by atomic mass is 9.68. The van der Waals surface area contributed by atoms with Gasteiger partial charge in [-0.15, -0.1) is 0 Å². The minimum Gasteiger partial charge on any atom is -0.462 e. The van der Waals surface area contributed by atoms with Crippen LogP contribution in [-0.4, -0.2) is 12.6 Å². The fourth-order valence-electron chi connectivity index (χ4n) is 5.89. The Kier molecular flexibility index (Phi) is 4.56. The first-order valence-corrected chi connectivity index (χ1v) is 10.8. The Morgan fingerprint density at radius 3 is 2.71 bits per heavy atom. The average molecular weight is 416 g/mol. The van der Waals surface area contributed by atoms with E-state index >= 15 is 0 Å². The second-order valence-corrected chi connectivity index (χ2v) is 9.09. The van der Waals surface area contributed by atoms with Crippen molar-refractivity contribution in [2.75, 3.05) is 11.9 Å². The number of rotatable bonds is 3. The van der Waals surface area contributed by atoms with Crippen LogP contribution in [0.3, 0.4) is 0 Å². The van der Waals surface area contributed by atoms with Crippen LogP contribution < -0.4 is 5.32 Å². The van der Waals surface area contributed by atoms with Crippen LogP contribution in [0.2, 0.25) is 10.0 Å². The van der Waals surface area contributed by atoms with E-state index in [4.69, 9.17) is 27.9 Å².